The van der Waals surface area contributed by atoms with Gasteiger partial charge in [-0.05, 0) is 31.0 Å². The number of hydrogen-bond donors (Lipinski definition) is 0. The molecule has 1 aromatic carbocycles. The van der Waals surface area contributed by atoms with E-state index < -0.39 is 5.41 Å². The van der Waals surface area contributed by atoms with Crippen LogP contribution in [0.5, 0.6) is 0 Å². The van der Waals surface area contributed by atoms with E-state index in [-0.39, 0.29) is 11.7 Å². The van der Waals surface area contributed by atoms with Crippen molar-refractivity contribution in [2.75, 3.05) is 0 Å². The first-order valence-corrected chi connectivity index (χ1v) is 5.58. The molecule has 0 amide bonds. The molecule has 0 spiro atoms. The second-order valence-corrected chi connectivity index (χ2v) is 5.01. The van der Waals surface area contributed by atoms with Crippen molar-refractivity contribution in [2.45, 2.75) is 26.2 Å². The average molecular weight is 270 g/mol. The quantitative estimate of drug-likeness (QED) is 0.796. The van der Waals surface area contributed by atoms with Crippen molar-refractivity contribution in [1.29, 1.82) is 5.26 Å². The predicted molar refractivity (Wildman–Crippen MR) is 61.9 cm³/mol. The van der Waals surface area contributed by atoms with Crippen LogP contribution >= 0.6 is 15.9 Å². The monoisotopic (exact) mass is 269 g/mol. The molecule has 3 heteroatoms. The normalized spacial score (nSPS) is 14.7. The van der Waals surface area contributed by atoms with E-state index in [1.807, 2.05) is 13.8 Å². The Hall–Kier alpha value is -0.880. The van der Waals surface area contributed by atoms with Crippen LogP contribution < -0.4 is 0 Å². The van der Waals surface area contributed by atoms with Gasteiger partial charge in [0.15, 0.2) is 0 Å². The number of nitrogens with zero attached hydrogens (tertiary/aromatic N) is 1. The van der Waals surface area contributed by atoms with E-state index in [9.17, 15) is 9.65 Å². The van der Waals surface area contributed by atoms with E-state index >= 15 is 0 Å². The van der Waals surface area contributed by atoms with Gasteiger partial charge in [-0.1, -0.05) is 29.8 Å². The van der Waals surface area contributed by atoms with Gasteiger partial charge < -0.3 is 0 Å². The average Bonchev–Trinajstić information content (AvgIpc) is 2.20. The third kappa shape index (κ3) is 2.21. The van der Waals surface area contributed by atoms with Crippen molar-refractivity contribution in [2.24, 2.45) is 5.92 Å². The Balaban J connectivity index is 3.37. The molecule has 0 aliphatic heterocycles. The molecule has 80 valence electrons. The first kappa shape index (κ1) is 12.2. The fraction of sp³-hybridized carbons (Fsp3) is 0.417. The van der Waals surface area contributed by atoms with Gasteiger partial charge in [0.1, 0.15) is 5.82 Å². The van der Waals surface area contributed by atoms with Crippen LogP contribution in [0.2, 0.25) is 0 Å². The molecule has 1 atom stereocenters. The molecule has 0 N–H and O–H groups in total. The highest BCUT2D eigenvalue weighted by Gasteiger charge is 2.33. The zero-order chi connectivity index (χ0) is 11.6. The molecular formula is C12H13BrFN. The van der Waals surface area contributed by atoms with Crippen LogP contribution in [0.1, 0.15) is 26.3 Å². The van der Waals surface area contributed by atoms with E-state index in [2.05, 4.69) is 22.0 Å². The van der Waals surface area contributed by atoms with Crippen LogP contribution in [0.3, 0.4) is 0 Å². The standard InChI is InChI=1S/C12H13BrFN/c1-8(2)12(3,7-15)10-6-9(13)4-5-11(10)14/h4-6,8H,1-3H3. The summed E-state index contributed by atoms with van der Waals surface area (Å²) >= 11 is 3.29. The molecule has 0 aliphatic carbocycles. The molecule has 15 heavy (non-hydrogen) atoms. The van der Waals surface area contributed by atoms with E-state index in [0.29, 0.717) is 5.56 Å². The van der Waals surface area contributed by atoms with Gasteiger partial charge in [0.25, 0.3) is 0 Å². The molecule has 1 aromatic rings. The summed E-state index contributed by atoms with van der Waals surface area (Å²) in [5, 5.41) is 9.19. The summed E-state index contributed by atoms with van der Waals surface area (Å²) in [6.07, 6.45) is 0. The van der Waals surface area contributed by atoms with Crippen LogP contribution in [0, 0.1) is 23.1 Å². The van der Waals surface area contributed by atoms with Crippen molar-refractivity contribution in [3.8, 4) is 6.07 Å². The summed E-state index contributed by atoms with van der Waals surface area (Å²) in [6.45, 7) is 5.61. The Bertz CT molecular complexity index is 409. The molecule has 0 heterocycles. The highest BCUT2D eigenvalue weighted by molar-refractivity contribution is 9.10. The van der Waals surface area contributed by atoms with Crippen molar-refractivity contribution in [3.05, 3.63) is 34.1 Å². The fourth-order valence-electron chi connectivity index (χ4n) is 1.40. The number of benzene rings is 1. The molecule has 1 nitrogen and oxygen atoms in total. The molecule has 1 unspecified atom stereocenters. The second kappa shape index (κ2) is 4.32. The minimum absolute atomic E-state index is 0.0614. The van der Waals surface area contributed by atoms with Gasteiger partial charge in [0, 0.05) is 10.0 Å². The van der Waals surface area contributed by atoms with Gasteiger partial charge in [0.2, 0.25) is 0 Å². The van der Waals surface area contributed by atoms with Crippen molar-refractivity contribution in [1.82, 2.24) is 0 Å². The third-order valence-corrected chi connectivity index (χ3v) is 3.37. The Morgan fingerprint density at radius 1 is 1.47 bits per heavy atom. The van der Waals surface area contributed by atoms with E-state index in [1.165, 1.54) is 6.07 Å². The van der Waals surface area contributed by atoms with Crippen LogP contribution in [0.25, 0.3) is 0 Å². The zero-order valence-corrected chi connectivity index (χ0v) is 10.6. The minimum atomic E-state index is -0.784. The highest BCUT2D eigenvalue weighted by Crippen LogP contribution is 2.34. The van der Waals surface area contributed by atoms with E-state index in [4.69, 9.17) is 0 Å². The Kier molecular flexibility index (Phi) is 3.51. The lowest BCUT2D eigenvalue weighted by atomic mass is 9.74. The number of halogens is 2. The van der Waals surface area contributed by atoms with Gasteiger partial charge in [-0.25, -0.2) is 4.39 Å². The zero-order valence-electron chi connectivity index (χ0n) is 9.01. The van der Waals surface area contributed by atoms with Crippen LogP contribution in [0.15, 0.2) is 22.7 Å². The van der Waals surface area contributed by atoms with Crippen molar-refractivity contribution >= 4 is 15.9 Å². The van der Waals surface area contributed by atoms with Gasteiger partial charge in [-0.15, -0.1) is 0 Å². The van der Waals surface area contributed by atoms with Crippen molar-refractivity contribution in [3.63, 3.8) is 0 Å². The maximum absolute atomic E-state index is 13.6. The lowest BCUT2D eigenvalue weighted by molar-refractivity contribution is 0.411. The summed E-state index contributed by atoms with van der Waals surface area (Å²) < 4.78 is 14.4. The maximum Gasteiger partial charge on any atom is 0.128 e. The van der Waals surface area contributed by atoms with Crippen LogP contribution in [-0.2, 0) is 5.41 Å². The van der Waals surface area contributed by atoms with Gasteiger partial charge in [-0.3, -0.25) is 0 Å². The highest BCUT2D eigenvalue weighted by atomic mass is 79.9. The number of hydrogen-bond acceptors (Lipinski definition) is 1. The van der Waals surface area contributed by atoms with Gasteiger partial charge >= 0.3 is 0 Å². The Morgan fingerprint density at radius 3 is 2.53 bits per heavy atom. The molecule has 0 aliphatic rings. The Morgan fingerprint density at radius 2 is 2.07 bits per heavy atom. The largest absolute Gasteiger partial charge is 0.207 e. The van der Waals surface area contributed by atoms with Gasteiger partial charge in [-0.2, -0.15) is 5.26 Å². The lowest BCUT2D eigenvalue weighted by Gasteiger charge is -2.27. The first-order chi connectivity index (χ1) is 6.91. The second-order valence-electron chi connectivity index (χ2n) is 4.09. The summed E-state index contributed by atoms with van der Waals surface area (Å²) in [4.78, 5) is 0. The lowest BCUT2D eigenvalue weighted by Crippen LogP contribution is -2.27. The minimum Gasteiger partial charge on any atom is -0.207 e. The SMILES string of the molecule is CC(C)C(C)(C#N)c1cc(Br)ccc1F. The Labute approximate surface area is 98.0 Å². The van der Waals surface area contributed by atoms with Crippen molar-refractivity contribution < 1.29 is 4.39 Å². The summed E-state index contributed by atoms with van der Waals surface area (Å²) in [5.74, 6) is -0.262. The predicted octanol–water partition coefficient (Wildman–Crippen LogP) is 4.03. The van der Waals surface area contributed by atoms with Crippen LogP contribution in [-0.4, -0.2) is 0 Å². The summed E-state index contributed by atoms with van der Waals surface area (Å²) in [6, 6.07) is 6.90. The van der Waals surface area contributed by atoms with Crippen LogP contribution in [0.4, 0.5) is 4.39 Å². The number of rotatable bonds is 2. The van der Waals surface area contributed by atoms with E-state index in [1.54, 1.807) is 19.1 Å². The number of nitriles is 1. The molecule has 0 aromatic heterocycles. The molecule has 0 fully saturated rings. The maximum atomic E-state index is 13.6. The smallest absolute Gasteiger partial charge is 0.128 e. The topological polar surface area (TPSA) is 23.8 Å². The first-order valence-electron chi connectivity index (χ1n) is 4.78. The summed E-state index contributed by atoms with van der Waals surface area (Å²) in [7, 11) is 0. The van der Waals surface area contributed by atoms with E-state index in [0.717, 1.165) is 4.47 Å². The fourth-order valence-corrected chi connectivity index (χ4v) is 1.76. The molecule has 0 bridgehead atoms. The molecular weight excluding hydrogens is 257 g/mol. The molecule has 0 radical (unpaired) electrons. The third-order valence-electron chi connectivity index (χ3n) is 2.87. The molecule has 0 saturated carbocycles. The van der Waals surface area contributed by atoms with Gasteiger partial charge in [0.05, 0.1) is 11.5 Å². The molecule has 1 rings (SSSR count). The summed E-state index contributed by atoms with van der Waals surface area (Å²) in [5.41, 5.74) is -0.331. The molecule has 0 saturated heterocycles.